The molecule has 134 valence electrons. The molecule has 0 heterocycles. The lowest BCUT2D eigenvalue weighted by atomic mass is 9.42. The Balaban J connectivity index is 1.67. The fourth-order valence-corrected chi connectivity index (χ4v) is 7.37. The summed E-state index contributed by atoms with van der Waals surface area (Å²) in [5, 5.41) is 0. The highest BCUT2D eigenvalue weighted by Crippen LogP contribution is 2.67. The van der Waals surface area contributed by atoms with Crippen molar-refractivity contribution in [1.82, 2.24) is 0 Å². The van der Waals surface area contributed by atoms with E-state index in [1.807, 2.05) is 0 Å². The van der Waals surface area contributed by atoms with Crippen molar-refractivity contribution in [3.8, 4) is 0 Å². The summed E-state index contributed by atoms with van der Waals surface area (Å²) in [4.78, 5) is 12.3. The van der Waals surface area contributed by atoms with E-state index in [0.29, 0.717) is 28.6 Å². The second kappa shape index (κ2) is 5.35. The van der Waals surface area contributed by atoms with Crippen molar-refractivity contribution in [3.63, 3.8) is 0 Å². The molecule has 5 fully saturated rings. The minimum absolute atomic E-state index is 0.182. The van der Waals surface area contributed by atoms with E-state index in [-0.39, 0.29) is 11.6 Å². The molecule has 0 amide bonds. The van der Waals surface area contributed by atoms with Crippen LogP contribution in [0.4, 0.5) is 0 Å². The largest absolute Gasteiger partial charge is 0.455 e. The van der Waals surface area contributed by atoms with Crippen LogP contribution in [0.1, 0.15) is 78.6 Å². The zero-order chi connectivity index (χ0) is 17.2. The topological polar surface area (TPSA) is 26.3 Å². The molecule has 0 saturated heterocycles. The number of hydrogen-bond donors (Lipinski definition) is 0. The lowest BCUT2D eigenvalue weighted by Crippen LogP contribution is -2.65. The molecule has 5 rings (SSSR count). The molecule has 5 saturated carbocycles. The third kappa shape index (κ3) is 2.47. The van der Waals surface area contributed by atoms with Gasteiger partial charge in [-0.05, 0) is 80.5 Å². The van der Waals surface area contributed by atoms with Crippen molar-refractivity contribution < 1.29 is 9.53 Å². The van der Waals surface area contributed by atoms with Gasteiger partial charge >= 0.3 is 5.97 Å². The molecule has 0 aromatic rings. The zero-order valence-corrected chi connectivity index (χ0v) is 15.8. The third-order valence-electron chi connectivity index (χ3n) is 8.19. The van der Waals surface area contributed by atoms with E-state index in [1.54, 1.807) is 0 Å². The fourth-order valence-electron chi connectivity index (χ4n) is 7.37. The number of rotatable bonds is 3. The van der Waals surface area contributed by atoms with Crippen molar-refractivity contribution >= 4 is 5.97 Å². The van der Waals surface area contributed by atoms with E-state index in [2.05, 4.69) is 27.4 Å². The van der Waals surface area contributed by atoms with Crippen molar-refractivity contribution in [3.05, 3.63) is 12.7 Å². The van der Waals surface area contributed by atoms with Gasteiger partial charge in [0, 0.05) is 17.9 Å². The van der Waals surface area contributed by atoms with E-state index in [0.717, 1.165) is 5.92 Å². The summed E-state index contributed by atoms with van der Waals surface area (Å²) in [6.45, 7) is 11.0. The first kappa shape index (κ1) is 16.7. The van der Waals surface area contributed by atoms with Gasteiger partial charge < -0.3 is 4.74 Å². The van der Waals surface area contributed by atoms with Crippen molar-refractivity contribution in [1.29, 1.82) is 0 Å². The van der Waals surface area contributed by atoms with Crippen LogP contribution < -0.4 is 0 Å². The van der Waals surface area contributed by atoms with E-state index >= 15 is 0 Å². The van der Waals surface area contributed by atoms with Crippen molar-refractivity contribution in [2.24, 2.45) is 34.5 Å². The number of carbonyl (C=O) groups excluding carboxylic acids is 1. The fraction of sp³-hybridized carbons (Fsp3) is 0.864. The summed E-state index contributed by atoms with van der Waals surface area (Å²) in [5.41, 5.74) is 0.782. The second-order valence-corrected chi connectivity index (χ2v) is 10.6. The van der Waals surface area contributed by atoms with Gasteiger partial charge in [0.25, 0.3) is 0 Å². The van der Waals surface area contributed by atoms with Gasteiger partial charge in [0.1, 0.15) is 5.60 Å². The second-order valence-electron chi connectivity index (χ2n) is 10.6. The number of esters is 1. The Kier molecular flexibility index (Phi) is 3.72. The summed E-state index contributed by atoms with van der Waals surface area (Å²) in [7, 11) is 0. The first-order valence-electron chi connectivity index (χ1n) is 10.1. The van der Waals surface area contributed by atoms with Crippen LogP contribution in [0.3, 0.4) is 0 Å². The molecule has 4 bridgehead atoms. The Morgan fingerprint density at radius 1 is 1.00 bits per heavy atom. The molecule has 0 spiro atoms. The molecule has 0 aromatic heterocycles. The van der Waals surface area contributed by atoms with E-state index in [1.165, 1.54) is 63.9 Å². The number of carbonyl (C=O) groups is 1. The summed E-state index contributed by atoms with van der Waals surface area (Å²) >= 11 is 0. The van der Waals surface area contributed by atoms with Gasteiger partial charge in [-0.15, -0.1) is 0 Å². The highest BCUT2D eigenvalue weighted by Gasteiger charge is 2.65. The van der Waals surface area contributed by atoms with Crippen LogP contribution in [0.5, 0.6) is 0 Å². The lowest BCUT2D eigenvalue weighted by Gasteiger charge is -2.66. The third-order valence-corrected chi connectivity index (χ3v) is 8.19. The molecule has 0 radical (unpaired) electrons. The average Bonchev–Trinajstić information content (AvgIpc) is 2.49. The van der Waals surface area contributed by atoms with Gasteiger partial charge in [-0.2, -0.15) is 0 Å². The maximum Gasteiger partial charge on any atom is 0.330 e. The zero-order valence-electron chi connectivity index (χ0n) is 15.8. The standard InChI is InChI=1S/C22H34O2/c1-5-19(23)24-22(16-6-8-20(2,3)9-7-16)17-10-15-11-18(22)14-21(4,12-15)13-17/h5,15-18H,1,6-14H2,2-4H3. The average molecular weight is 331 g/mol. The van der Waals surface area contributed by atoms with Crippen molar-refractivity contribution in [2.45, 2.75) is 84.2 Å². The minimum Gasteiger partial charge on any atom is -0.455 e. The van der Waals surface area contributed by atoms with Crippen LogP contribution in [-0.2, 0) is 9.53 Å². The maximum atomic E-state index is 12.3. The Hall–Kier alpha value is -0.790. The molecular formula is C22H34O2. The SMILES string of the molecule is C=CC(=O)OC1(C2CCC(C)(C)CC2)C2CC3CC1CC(C)(C3)C2. The first-order chi connectivity index (χ1) is 11.3. The van der Waals surface area contributed by atoms with Gasteiger partial charge in [-0.1, -0.05) is 27.4 Å². The Morgan fingerprint density at radius 2 is 1.58 bits per heavy atom. The van der Waals surface area contributed by atoms with Gasteiger partial charge in [-0.25, -0.2) is 4.79 Å². The maximum absolute atomic E-state index is 12.3. The Morgan fingerprint density at radius 3 is 2.08 bits per heavy atom. The molecule has 5 aliphatic rings. The summed E-state index contributed by atoms with van der Waals surface area (Å²) in [5.74, 6) is 2.43. The molecule has 2 nitrogen and oxygen atoms in total. The number of ether oxygens (including phenoxy) is 1. The highest BCUT2D eigenvalue weighted by molar-refractivity contribution is 5.81. The van der Waals surface area contributed by atoms with Gasteiger partial charge in [0.05, 0.1) is 0 Å². The van der Waals surface area contributed by atoms with E-state index in [4.69, 9.17) is 4.74 Å². The minimum atomic E-state index is -0.183. The molecule has 0 N–H and O–H groups in total. The molecule has 0 aliphatic heterocycles. The van der Waals surface area contributed by atoms with E-state index in [9.17, 15) is 4.79 Å². The smallest absolute Gasteiger partial charge is 0.330 e. The van der Waals surface area contributed by atoms with Gasteiger partial charge in [0.15, 0.2) is 0 Å². The Labute approximate surface area is 147 Å². The van der Waals surface area contributed by atoms with Crippen LogP contribution >= 0.6 is 0 Å². The predicted octanol–water partition coefficient (Wildman–Crippen LogP) is 5.52. The summed E-state index contributed by atoms with van der Waals surface area (Å²) < 4.78 is 6.36. The van der Waals surface area contributed by atoms with Gasteiger partial charge in [-0.3, -0.25) is 0 Å². The van der Waals surface area contributed by atoms with E-state index < -0.39 is 0 Å². The molecular weight excluding hydrogens is 296 g/mol. The van der Waals surface area contributed by atoms with Crippen molar-refractivity contribution in [2.75, 3.05) is 0 Å². The molecule has 5 aliphatic carbocycles. The monoisotopic (exact) mass is 330 g/mol. The van der Waals surface area contributed by atoms with Gasteiger partial charge in [0.2, 0.25) is 0 Å². The molecule has 24 heavy (non-hydrogen) atoms. The lowest BCUT2D eigenvalue weighted by molar-refractivity contribution is -0.244. The van der Waals surface area contributed by atoms with Crippen LogP contribution in [0.15, 0.2) is 12.7 Å². The van der Waals surface area contributed by atoms with Crippen LogP contribution in [0, 0.1) is 34.5 Å². The highest BCUT2D eigenvalue weighted by atomic mass is 16.6. The van der Waals surface area contributed by atoms with Crippen LogP contribution in [0.25, 0.3) is 0 Å². The Bertz CT molecular complexity index is 520. The number of hydrogen-bond acceptors (Lipinski definition) is 2. The molecule has 2 unspecified atom stereocenters. The molecule has 2 atom stereocenters. The van der Waals surface area contributed by atoms with Crippen LogP contribution in [-0.4, -0.2) is 11.6 Å². The summed E-state index contributed by atoms with van der Waals surface area (Å²) in [6, 6.07) is 0. The summed E-state index contributed by atoms with van der Waals surface area (Å²) in [6.07, 6.45) is 12.9. The molecule has 2 heteroatoms. The van der Waals surface area contributed by atoms with Crippen LogP contribution in [0.2, 0.25) is 0 Å². The normalized spacial score (nSPS) is 46.7. The predicted molar refractivity (Wildman–Crippen MR) is 96.4 cm³/mol. The molecule has 0 aromatic carbocycles. The first-order valence-corrected chi connectivity index (χ1v) is 10.1. The quantitative estimate of drug-likeness (QED) is 0.503.